The molecule has 0 radical (unpaired) electrons. The summed E-state index contributed by atoms with van der Waals surface area (Å²) >= 11 is 3.20. The van der Waals surface area contributed by atoms with Crippen molar-refractivity contribution in [1.82, 2.24) is 9.97 Å². The fraction of sp³-hybridized carbons (Fsp3) is 0.333. The van der Waals surface area contributed by atoms with Gasteiger partial charge in [0.15, 0.2) is 7.29 Å². The van der Waals surface area contributed by atoms with E-state index in [1.165, 1.54) is 0 Å². The first-order chi connectivity index (χ1) is 5.47. The number of halogens is 1. The van der Waals surface area contributed by atoms with Gasteiger partial charge in [0.1, 0.15) is 0 Å². The summed E-state index contributed by atoms with van der Waals surface area (Å²) in [5, 5.41) is 2.72. The van der Waals surface area contributed by atoms with Crippen LogP contribution in [0.25, 0.3) is 0 Å². The normalized spacial score (nSPS) is 11.2. The van der Waals surface area contributed by atoms with Crippen molar-refractivity contribution >= 4 is 29.2 Å². The van der Waals surface area contributed by atoms with E-state index in [2.05, 4.69) is 31.0 Å². The number of nitrogens with zero attached hydrogens (tertiary/aromatic N) is 2. The van der Waals surface area contributed by atoms with Crippen molar-refractivity contribution in [1.29, 1.82) is 0 Å². The Morgan fingerprint density at radius 1 is 1.42 bits per heavy atom. The van der Waals surface area contributed by atoms with Gasteiger partial charge in [-0.1, -0.05) is 0 Å². The lowest BCUT2D eigenvalue weighted by Crippen LogP contribution is -1.98. The molecule has 1 aromatic heterocycles. The van der Waals surface area contributed by atoms with Crippen LogP contribution < -0.4 is 5.09 Å². The lowest BCUT2D eigenvalue weighted by Gasteiger charge is -2.07. The summed E-state index contributed by atoms with van der Waals surface area (Å²) in [6.07, 6.45) is 3.20. The van der Waals surface area contributed by atoms with Crippen molar-refractivity contribution in [2.24, 2.45) is 0 Å². The summed E-state index contributed by atoms with van der Waals surface area (Å²) in [6, 6.07) is 0. The molecule has 1 aromatic rings. The molecule has 0 spiro atoms. The Hall–Kier alpha value is -0.410. The minimum Gasteiger partial charge on any atom is -0.305 e. The molecule has 0 amide bonds. The molecule has 0 saturated heterocycles. The molecule has 0 atom stereocenters. The van der Waals surface area contributed by atoms with Crippen LogP contribution in [0.1, 0.15) is 0 Å². The van der Waals surface area contributed by atoms with Gasteiger partial charge in [-0.3, -0.25) is 0 Å². The lowest BCUT2D eigenvalue weighted by atomic mass is 10.7. The molecular formula is C6H9BrN3OP. The van der Waals surface area contributed by atoms with E-state index in [1.54, 1.807) is 25.7 Å². The second-order valence-corrected chi connectivity index (χ2v) is 6.53. The van der Waals surface area contributed by atoms with Crippen molar-refractivity contribution in [3.05, 3.63) is 16.9 Å². The van der Waals surface area contributed by atoms with Crippen LogP contribution in [-0.2, 0) is 4.57 Å². The molecule has 0 saturated carbocycles. The van der Waals surface area contributed by atoms with Gasteiger partial charge < -0.3 is 9.65 Å². The van der Waals surface area contributed by atoms with Gasteiger partial charge in [-0.05, 0) is 15.9 Å². The Morgan fingerprint density at radius 2 is 1.92 bits per heavy atom. The van der Waals surface area contributed by atoms with E-state index in [0.717, 1.165) is 4.47 Å². The topological polar surface area (TPSA) is 54.9 Å². The van der Waals surface area contributed by atoms with Gasteiger partial charge in [0.25, 0.3) is 0 Å². The van der Waals surface area contributed by atoms with Crippen LogP contribution in [0.3, 0.4) is 0 Å². The van der Waals surface area contributed by atoms with E-state index < -0.39 is 7.29 Å². The van der Waals surface area contributed by atoms with Gasteiger partial charge in [0.05, 0.1) is 4.47 Å². The summed E-state index contributed by atoms with van der Waals surface area (Å²) < 4.78 is 12.1. The molecule has 1 heterocycles. The van der Waals surface area contributed by atoms with Gasteiger partial charge in [-0.2, -0.15) is 0 Å². The number of nitrogens with one attached hydrogen (secondary N) is 1. The number of rotatable bonds is 2. The zero-order valence-electron chi connectivity index (χ0n) is 6.78. The molecule has 4 nitrogen and oxygen atoms in total. The molecule has 0 bridgehead atoms. The summed E-state index contributed by atoms with van der Waals surface area (Å²) in [5.41, 5.74) is 0. The Morgan fingerprint density at radius 3 is 2.33 bits per heavy atom. The Bertz CT molecular complexity index is 307. The second-order valence-electron chi connectivity index (χ2n) is 2.69. The summed E-state index contributed by atoms with van der Waals surface area (Å²) in [4.78, 5) is 7.84. The zero-order chi connectivity index (χ0) is 9.19. The molecule has 1 rings (SSSR count). The standard InChI is InChI=1S/C6H9BrN3OP/c1-12(2,11)10-6-8-3-5(7)4-9-6/h3-4H,1-2H3,(H,8,9,10,11). The van der Waals surface area contributed by atoms with Crippen LogP contribution in [0.5, 0.6) is 0 Å². The highest BCUT2D eigenvalue weighted by atomic mass is 79.9. The van der Waals surface area contributed by atoms with Crippen molar-refractivity contribution in [3.8, 4) is 0 Å². The monoisotopic (exact) mass is 249 g/mol. The zero-order valence-corrected chi connectivity index (χ0v) is 9.26. The van der Waals surface area contributed by atoms with E-state index in [4.69, 9.17) is 0 Å². The number of anilines is 1. The van der Waals surface area contributed by atoms with Crippen molar-refractivity contribution in [2.75, 3.05) is 18.4 Å². The first-order valence-electron chi connectivity index (χ1n) is 3.28. The summed E-state index contributed by atoms with van der Waals surface area (Å²) in [7, 11) is -2.29. The highest BCUT2D eigenvalue weighted by Crippen LogP contribution is 2.34. The number of aromatic nitrogens is 2. The maximum absolute atomic E-state index is 11.3. The molecule has 0 aliphatic heterocycles. The average Bonchev–Trinajstić information content (AvgIpc) is 1.91. The van der Waals surface area contributed by atoms with E-state index in [9.17, 15) is 4.57 Å². The number of hydrogen-bond donors (Lipinski definition) is 1. The molecule has 1 N–H and O–H groups in total. The third kappa shape index (κ3) is 3.32. The Labute approximate surface area is 79.4 Å². The average molecular weight is 250 g/mol. The molecule has 0 aromatic carbocycles. The molecule has 0 aliphatic carbocycles. The third-order valence-electron chi connectivity index (χ3n) is 0.990. The van der Waals surface area contributed by atoms with Crippen molar-refractivity contribution < 1.29 is 4.57 Å². The quantitative estimate of drug-likeness (QED) is 0.817. The van der Waals surface area contributed by atoms with Crippen LogP contribution in [0.2, 0.25) is 0 Å². The molecule has 0 aliphatic rings. The van der Waals surface area contributed by atoms with E-state index in [1.807, 2.05) is 0 Å². The van der Waals surface area contributed by atoms with Gasteiger partial charge >= 0.3 is 0 Å². The van der Waals surface area contributed by atoms with Gasteiger partial charge in [0, 0.05) is 25.7 Å². The third-order valence-corrected chi connectivity index (χ3v) is 2.14. The lowest BCUT2D eigenvalue weighted by molar-refractivity contribution is 0.585. The minimum atomic E-state index is -2.29. The first kappa shape index (κ1) is 9.68. The molecule has 0 fully saturated rings. The van der Waals surface area contributed by atoms with Crippen LogP contribution >= 0.6 is 23.2 Å². The van der Waals surface area contributed by atoms with Crippen LogP contribution in [-0.4, -0.2) is 23.3 Å². The number of hydrogen-bond acceptors (Lipinski definition) is 3. The molecule has 66 valence electrons. The van der Waals surface area contributed by atoms with E-state index >= 15 is 0 Å². The fourth-order valence-electron chi connectivity index (χ4n) is 0.611. The van der Waals surface area contributed by atoms with Crippen LogP contribution in [0, 0.1) is 0 Å². The van der Waals surface area contributed by atoms with Crippen LogP contribution in [0.4, 0.5) is 5.95 Å². The predicted octanol–water partition coefficient (Wildman–Crippen LogP) is 2.19. The summed E-state index contributed by atoms with van der Waals surface area (Å²) in [6.45, 7) is 3.25. The molecular weight excluding hydrogens is 241 g/mol. The van der Waals surface area contributed by atoms with Gasteiger partial charge in [-0.15, -0.1) is 0 Å². The highest BCUT2D eigenvalue weighted by Gasteiger charge is 2.07. The minimum absolute atomic E-state index is 0.395. The predicted molar refractivity (Wildman–Crippen MR) is 52.8 cm³/mol. The van der Waals surface area contributed by atoms with E-state index in [-0.39, 0.29) is 0 Å². The summed E-state index contributed by atoms with van der Waals surface area (Å²) in [5.74, 6) is 0.395. The maximum atomic E-state index is 11.3. The Kier molecular flexibility index (Phi) is 2.85. The SMILES string of the molecule is CP(C)(=O)Nc1ncc(Br)cn1. The Balaban J connectivity index is 2.78. The molecule has 6 heteroatoms. The van der Waals surface area contributed by atoms with E-state index in [0.29, 0.717) is 5.95 Å². The molecule has 0 unspecified atom stereocenters. The largest absolute Gasteiger partial charge is 0.305 e. The maximum Gasteiger partial charge on any atom is 0.228 e. The van der Waals surface area contributed by atoms with Crippen LogP contribution in [0.15, 0.2) is 16.9 Å². The van der Waals surface area contributed by atoms with Crippen molar-refractivity contribution in [3.63, 3.8) is 0 Å². The first-order valence-corrected chi connectivity index (χ1v) is 6.67. The highest BCUT2D eigenvalue weighted by molar-refractivity contribution is 9.10. The van der Waals surface area contributed by atoms with Gasteiger partial charge in [-0.25, -0.2) is 9.97 Å². The molecule has 12 heavy (non-hydrogen) atoms. The fourth-order valence-corrected chi connectivity index (χ4v) is 1.41. The van der Waals surface area contributed by atoms with Gasteiger partial charge in [0.2, 0.25) is 5.95 Å². The van der Waals surface area contributed by atoms with Crippen molar-refractivity contribution in [2.45, 2.75) is 0 Å². The smallest absolute Gasteiger partial charge is 0.228 e. The second kappa shape index (κ2) is 3.54.